The first-order valence-corrected chi connectivity index (χ1v) is 10.1. The van der Waals surface area contributed by atoms with Gasteiger partial charge in [0.05, 0.1) is 19.0 Å². The third-order valence-corrected chi connectivity index (χ3v) is 6.03. The number of hydrogen-bond acceptors (Lipinski definition) is 9. The van der Waals surface area contributed by atoms with Crippen LogP contribution in [-0.2, 0) is 39.7 Å². The van der Waals surface area contributed by atoms with Crippen molar-refractivity contribution in [3.05, 3.63) is 43.2 Å². The highest BCUT2D eigenvalue weighted by molar-refractivity contribution is 7.16. The Hall–Kier alpha value is -3.74. The minimum absolute atomic E-state index is 0.0586. The van der Waals surface area contributed by atoms with E-state index < -0.39 is 35.7 Å². The second-order valence-corrected chi connectivity index (χ2v) is 8.16. The van der Waals surface area contributed by atoms with Gasteiger partial charge in [-0.2, -0.15) is 0 Å². The van der Waals surface area contributed by atoms with E-state index in [1.54, 1.807) is 13.8 Å². The molecule has 3 aromatic heterocycles. The molecule has 0 aromatic carbocycles. The third-order valence-electron chi connectivity index (χ3n) is 4.91. The van der Waals surface area contributed by atoms with Crippen LogP contribution in [0.5, 0.6) is 0 Å². The molecule has 3 rings (SSSR count). The summed E-state index contributed by atoms with van der Waals surface area (Å²) < 4.78 is 13.1. The number of methoxy groups -OCH3 is 1. The van der Waals surface area contributed by atoms with Crippen molar-refractivity contribution in [2.24, 2.45) is 14.1 Å². The number of nitrogens with one attached hydrogen (secondary N) is 1. The zero-order valence-electron chi connectivity index (χ0n) is 18.0. The summed E-state index contributed by atoms with van der Waals surface area (Å²) in [5, 5.41) is 2.86. The lowest BCUT2D eigenvalue weighted by atomic mass is 10.1. The number of esters is 2. The topological polar surface area (TPSA) is 144 Å². The summed E-state index contributed by atoms with van der Waals surface area (Å²) in [6.45, 7) is 2.56. The maximum Gasteiger partial charge on any atom is 0.341 e. The van der Waals surface area contributed by atoms with Gasteiger partial charge >= 0.3 is 17.6 Å². The van der Waals surface area contributed by atoms with Crippen molar-refractivity contribution in [1.82, 2.24) is 18.7 Å². The average Bonchev–Trinajstić information content (AvgIpc) is 3.29. The van der Waals surface area contributed by atoms with Crippen LogP contribution in [-0.4, -0.2) is 50.2 Å². The van der Waals surface area contributed by atoms with Crippen LogP contribution < -0.4 is 16.6 Å². The molecular formula is C19H21N5O7S. The molecule has 0 fully saturated rings. The van der Waals surface area contributed by atoms with Gasteiger partial charge in [0.2, 0.25) is 0 Å². The number of thiophene rings is 1. The number of imidazole rings is 1. The SMILES string of the molecule is COC(=O)c1c(NC(=O)COC(=O)Cn2cnc3c2c(=O)n(C)c(=O)n3C)sc(C)c1C. The van der Waals surface area contributed by atoms with Crippen LogP contribution in [0.15, 0.2) is 15.9 Å². The van der Waals surface area contributed by atoms with Crippen molar-refractivity contribution < 1.29 is 23.9 Å². The van der Waals surface area contributed by atoms with E-state index in [1.165, 1.54) is 48.0 Å². The van der Waals surface area contributed by atoms with E-state index in [4.69, 9.17) is 9.47 Å². The molecule has 13 heteroatoms. The number of aryl methyl sites for hydroxylation is 2. The molecule has 1 amide bonds. The average molecular weight is 463 g/mol. The smallest absolute Gasteiger partial charge is 0.341 e. The summed E-state index contributed by atoms with van der Waals surface area (Å²) >= 11 is 1.21. The molecule has 0 spiro atoms. The molecule has 3 aromatic rings. The van der Waals surface area contributed by atoms with Crippen molar-refractivity contribution >= 4 is 45.3 Å². The Labute approximate surface area is 185 Å². The van der Waals surface area contributed by atoms with E-state index in [9.17, 15) is 24.0 Å². The summed E-state index contributed by atoms with van der Waals surface area (Å²) in [5.74, 6) is -2.01. The number of rotatable bonds is 6. The number of fused-ring (bicyclic) bond motifs is 1. The molecule has 0 radical (unpaired) electrons. The monoisotopic (exact) mass is 463 g/mol. The number of hydrogen-bond donors (Lipinski definition) is 1. The number of anilines is 1. The van der Waals surface area contributed by atoms with E-state index >= 15 is 0 Å². The van der Waals surface area contributed by atoms with Gasteiger partial charge < -0.3 is 19.4 Å². The van der Waals surface area contributed by atoms with Crippen LogP contribution in [0.25, 0.3) is 11.2 Å². The first-order valence-electron chi connectivity index (χ1n) is 9.31. The highest BCUT2D eigenvalue weighted by atomic mass is 32.1. The van der Waals surface area contributed by atoms with Gasteiger partial charge in [0.1, 0.15) is 11.5 Å². The van der Waals surface area contributed by atoms with Crippen LogP contribution in [0.4, 0.5) is 5.00 Å². The van der Waals surface area contributed by atoms with Crippen LogP contribution in [0.3, 0.4) is 0 Å². The van der Waals surface area contributed by atoms with E-state index in [0.29, 0.717) is 10.6 Å². The molecule has 32 heavy (non-hydrogen) atoms. The second kappa shape index (κ2) is 8.78. The normalized spacial score (nSPS) is 10.9. The summed E-state index contributed by atoms with van der Waals surface area (Å²) in [6, 6.07) is 0. The predicted octanol–water partition coefficient (Wildman–Crippen LogP) is 0.0805. The van der Waals surface area contributed by atoms with Gasteiger partial charge in [0, 0.05) is 19.0 Å². The van der Waals surface area contributed by atoms with Crippen molar-refractivity contribution in [2.45, 2.75) is 20.4 Å². The molecule has 12 nitrogen and oxygen atoms in total. The van der Waals surface area contributed by atoms with Gasteiger partial charge in [-0.3, -0.25) is 23.5 Å². The van der Waals surface area contributed by atoms with E-state index in [1.807, 2.05) is 0 Å². The van der Waals surface area contributed by atoms with Gasteiger partial charge in [-0.15, -0.1) is 11.3 Å². The van der Waals surface area contributed by atoms with Gasteiger partial charge in [-0.05, 0) is 19.4 Å². The van der Waals surface area contributed by atoms with Crippen molar-refractivity contribution in [2.75, 3.05) is 19.0 Å². The lowest BCUT2D eigenvalue weighted by Gasteiger charge is -2.08. The molecular weight excluding hydrogens is 442 g/mol. The molecule has 0 aliphatic heterocycles. The number of amides is 1. The number of ether oxygens (including phenoxy) is 2. The molecule has 0 unspecified atom stereocenters. The summed E-state index contributed by atoms with van der Waals surface area (Å²) in [4.78, 5) is 65.7. The van der Waals surface area contributed by atoms with Crippen molar-refractivity contribution in [3.8, 4) is 0 Å². The molecule has 0 aliphatic rings. The molecule has 0 atom stereocenters. The van der Waals surface area contributed by atoms with Crippen LogP contribution in [0.1, 0.15) is 20.8 Å². The lowest BCUT2D eigenvalue weighted by molar-refractivity contribution is -0.147. The number of carbonyl (C=O) groups is 3. The third kappa shape index (κ3) is 4.06. The fourth-order valence-corrected chi connectivity index (χ4v) is 4.14. The molecule has 0 bridgehead atoms. The summed E-state index contributed by atoms with van der Waals surface area (Å²) in [6.07, 6.45) is 1.24. The predicted molar refractivity (Wildman–Crippen MR) is 115 cm³/mol. The zero-order chi connectivity index (χ0) is 23.7. The minimum Gasteiger partial charge on any atom is -0.465 e. The van der Waals surface area contributed by atoms with Crippen LogP contribution >= 0.6 is 11.3 Å². The van der Waals surface area contributed by atoms with Gasteiger partial charge in [0.15, 0.2) is 17.8 Å². The molecule has 1 N–H and O–H groups in total. The van der Waals surface area contributed by atoms with Gasteiger partial charge in [-0.1, -0.05) is 0 Å². The zero-order valence-corrected chi connectivity index (χ0v) is 18.9. The molecule has 0 saturated carbocycles. The molecule has 3 heterocycles. The van der Waals surface area contributed by atoms with Crippen LogP contribution in [0, 0.1) is 13.8 Å². The fourth-order valence-electron chi connectivity index (χ4n) is 3.07. The first-order chi connectivity index (χ1) is 15.1. The van der Waals surface area contributed by atoms with Gasteiger partial charge in [-0.25, -0.2) is 14.6 Å². The highest BCUT2D eigenvalue weighted by Crippen LogP contribution is 2.32. The lowest BCUT2D eigenvalue weighted by Crippen LogP contribution is -2.37. The summed E-state index contributed by atoms with van der Waals surface area (Å²) in [5.41, 5.74) is -0.0221. The standard InChI is InChI=1S/C19H21N5O7S/c1-9-10(2)32-16(13(9)18(28)30-5)21-11(25)7-31-12(26)6-24-8-20-15-14(24)17(27)23(4)19(29)22(15)3/h8H,6-7H2,1-5H3,(H,21,25). The first kappa shape index (κ1) is 22.9. The Morgan fingerprint density at radius 1 is 1.16 bits per heavy atom. The van der Waals surface area contributed by atoms with Crippen LogP contribution in [0.2, 0.25) is 0 Å². The van der Waals surface area contributed by atoms with E-state index in [0.717, 1.165) is 9.44 Å². The van der Waals surface area contributed by atoms with Gasteiger partial charge in [0.25, 0.3) is 11.5 Å². The minimum atomic E-state index is -0.790. The second-order valence-electron chi connectivity index (χ2n) is 6.94. The number of carbonyl (C=O) groups excluding carboxylic acids is 3. The Morgan fingerprint density at radius 3 is 2.50 bits per heavy atom. The maximum absolute atomic E-state index is 12.4. The number of nitrogens with zero attached hydrogens (tertiary/aromatic N) is 4. The maximum atomic E-state index is 12.4. The Kier molecular flexibility index (Phi) is 6.30. The quantitative estimate of drug-likeness (QED) is 0.506. The Bertz CT molecular complexity index is 1360. The molecule has 0 saturated heterocycles. The summed E-state index contributed by atoms with van der Waals surface area (Å²) in [7, 11) is 4.02. The van der Waals surface area contributed by atoms with Crippen molar-refractivity contribution in [1.29, 1.82) is 0 Å². The molecule has 0 aliphatic carbocycles. The van der Waals surface area contributed by atoms with Crippen molar-refractivity contribution in [3.63, 3.8) is 0 Å². The number of aromatic nitrogens is 4. The highest BCUT2D eigenvalue weighted by Gasteiger charge is 2.22. The fraction of sp³-hybridized carbons (Fsp3) is 0.368. The Balaban J connectivity index is 1.70. The molecule has 170 valence electrons. The Morgan fingerprint density at radius 2 is 1.84 bits per heavy atom. The van der Waals surface area contributed by atoms with E-state index in [2.05, 4.69) is 10.3 Å². The largest absolute Gasteiger partial charge is 0.465 e. The van der Waals surface area contributed by atoms with E-state index in [-0.39, 0.29) is 23.3 Å².